The summed E-state index contributed by atoms with van der Waals surface area (Å²) in [6.07, 6.45) is 10.4. The van der Waals surface area contributed by atoms with E-state index in [1.165, 1.54) is 22.2 Å². The summed E-state index contributed by atoms with van der Waals surface area (Å²) in [5, 5.41) is 1.38. The number of para-hydroxylation sites is 1. The van der Waals surface area contributed by atoms with Crippen molar-refractivity contribution in [1.29, 1.82) is 0 Å². The van der Waals surface area contributed by atoms with E-state index < -0.39 is 0 Å². The maximum atomic E-state index is 3.56. The molecule has 19 heavy (non-hydrogen) atoms. The normalized spacial score (nSPS) is 27.4. The fourth-order valence-electron chi connectivity index (χ4n) is 3.25. The lowest BCUT2D eigenvalue weighted by Crippen LogP contribution is -2.33. The minimum absolute atomic E-state index is 0.561. The largest absolute Gasteiger partial charge is 0.355 e. The summed E-state index contributed by atoms with van der Waals surface area (Å²) in [6, 6.07) is 8.63. The van der Waals surface area contributed by atoms with E-state index in [9.17, 15) is 0 Å². The van der Waals surface area contributed by atoms with E-state index in [-0.39, 0.29) is 0 Å². The quantitative estimate of drug-likeness (QED) is 0.711. The highest BCUT2D eigenvalue weighted by molar-refractivity contribution is 5.87. The molecule has 0 aliphatic carbocycles. The van der Waals surface area contributed by atoms with Crippen LogP contribution in [0.4, 0.5) is 0 Å². The average Bonchev–Trinajstić information content (AvgIpc) is 2.82. The van der Waals surface area contributed by atoms with Gasteiger partial charge < -0.3 is 4.98 Å². The molecule has 0 saturated heterocycles. The first-order valence-electron chi connectivity index (χ1n) is 7.07. The molecule has 96 valence electrons. The summed E-state index contributed by atoms with van der Waals surface area (Å²) in [5.74, 6) is 0.561. The zero-order valence-corrected chi connectivity index (χ0v) is 11.0. The third-order valence-corrected chi connectivity index (χ3v) is 4.25. The van der Waals surface area contributed by atoms with Gasteiger partial charge in [-0.05, 0) is 24.1 Å². The maximum absolute atomic E-state index is 3.56. The summed E-state index contributed by atoms with van der Waals surface area (Å²) in [5.41, 5.74) is 4.02. The molecule has 2 unspecified atom stereocenters. The second kappa shape index (κ2) is 4.39. The van der Waals surface area contributed by atoms with Gasteiger partial charge in [0.15, 0.2) is 0 Å². The number of nitrogens with one attached hydrogen (secondary N) is 1. The number of fused-ring (bicyclic) bond motifs is 5. The van der Waals surface area contributed by atoms with Crippen molar-refractivity contribution in [2.45, 2.75) is 6.42 Å². The van der Waals surface area contributed by atoms with Crippen LogP contribution in [0.25, 0.3) is 17.0 Å². The van der Waals surface area contributed by atoms with E-state index >= 15 is 0 Å². The second-order valence-electron chi connectivity index (χ2n) is 5.52. The molecule has 0 spiro atoms. The number of benzene rings is 1. The molecule has 0 fully saturated rings. The van der Waals surface area contributed by atoms with E-state index in [2.05, 4.69) is 58.5 Å². The van der Waals surface area contributed by atoms with Gasteiger partial charge in [0.25, 0.3) is 0 Å². The molecule has 1 N–H and O–H groups in total. The smallest absolute Gasteiger partial charge is 0.0461 e. The maximum Gasteiger partial charge on any atom is 0.0461 e. The van der Waals surface area contributed by atoms with Crippen molar-refractivity contribution in [2.75, 3.05) is 19.6 Å². The number of aromatic nitrogens is 1. The minimum Gasteiger partial charge on any atom is -0.355 e. The van der Waals surface area contributed by atoms with Crippen molar-refractivity contribution in [3.05, 3.63) is 53.8 Å². The van der Waals surface area contributed by atoms with Crippen LogP contribution in [0.1, 0.15) is 11.3 Å². The Labute approximate surface area is 113 Å². The molecule has 2 aromatic rings. The topological polar surface area (TPSA) is 19.0 Å². The van der Waals surface area contributed by atoms with Crippen LogP contribution in [0.15, 0.2) is 42.5 Å². The van der Waals surface area contributed by atoms with Crippen LogP contribution in [-0.2, 0) is 6.42 Å². The first-order chi connectivity index (χ1) is 9.40. The molecular weight excluding hydrogens is 232 g/mol. The Kier molecular flexibility index (Phi) is 2.56. The van der Waals surface area contributed by atoms with E-state index in [0.717, 1.165) is 26.1 Å². The highest BCUT2D eigenvalue weighted by Crippen LogP contribution is 2.26. The fraction of sp³-hybridized carbons (Fsp3) is 0.294. The molecule has 2 heteroatoms. The van der Waals surface area contributed by atoms with Gasteiger partial charge in [-0.15, -0.1) is 0 Å². The molecule has 2 atom stereocenters. The zero-order valence-electron chi connectivity index (χ0n) is 11.0. The molecule has 2 aliphatic heterocycles. The molecule has 0 radical (unpaired) electrons. The van der Waals surface area contributed by atoms with Gasteiger partial charge in [0, 0.05) is 42.1 Å². The van der Waals surface area contributed by atoms with Crippen molar-refractivity contribution in [3.63, 3.8) is 0 Å². The lowest BCUT2D eigenvalue weighted by atomic mass is 10.0. The fourth-order valence-corrected chi connectivity index (χ4v) is 3.25. The van der Waals surface area contributed by atoms with Gasteiger partial charge in [-0.1, -0.05) is 36.4 Å². The highest BCUT2D eigenvalue weighted by Gasteiger charge is 2.17. The second-order valence-corrected chi connectivity index (χ2v) is 5.52. The van der Waals surface area contributed by atoms with Crippen LogP contribution >= 0.6 is 0 Å². The van der Waals surface area contributed by atoms with Crippen molar-refractivity contribution in [3.8, 4) is 0 Å². The van der Waals surface area contributed by atoms with Crippen molar-refractivity contribution >= 4 is 17.0 Å². The molecule has 2 nitrogen and oxygen atoms in total. The number of H-pyrrole nitrogens is 1. The molecule has 2 bridgehead atoms. The Bertz CT molecular complexity index is 663. The van der Waals surface area contributed by atoms with E-state index in [1.54, 1.807) is 0 Å². The van der Waals surface area contributed by atoms with Gasteiger partial charge in [-0.25, -0.2) is 0 Å². The molecule has 4 rings (SSSR count). The van der Waals surface area contributed by atoms with Crippen LogP contribution in [0.2, 0.25) is 0 Å². The lowest BCUT2D eigenvalue weighted by molar-refractivity contribution is 0.281. The highest BCUT2D eigenvalue weighted by atomic mass is 15.1. The minimum atomic E-state index is 0.561. The number of hydrogen-bond donors (Lipinski definition) is 1. The van der Waals surface area contributed by atoms with Crippen LogP contribution in [-0.4, -0.2) is 29.5 Å². The Morgan fingerprint density at radius 1 is 1.16 bits per heavy atom. The van der Waals surface area contributed by atoms with E-state index in [0.29, 0.717) is 5.92 Å². The average molecular weight is 250 g/mol. The molecule has 0 saturated carbocycles. The van der Waals surface area contributed by atoms with Crippen LogP contribution in [0.3, 0.4) is 0 Å². The van der Waals surface area contributed by atoms with E-state index in [1.807, 2.05) is 0 Å². The van der Waals surface area contributed by atoms with Crippen LogP contribution in [0.5, 0.6) is 0 Å². The molecule has 2 aliphatic rings. The molecule has 3 heterocycles. The van der Waals surface area contributed by atoms with E-state index in [4.69, 9.17) is 0 Å². The molecule has 0 amide bonds. The summed E-state index contributed by atoms with van der Waals surface area (Å²) in [7, 11) is 0. The third-order valence-electron chi connectivity index (χ3n) is 4.25. The monoisotopic (exact) mass is 250 g/mol. The van der Waals surface area contributed by atoms with Crippen LogP contribution in [0, 0.1) is 5.92 Å². The zero-order chi connectivity index (χ0) is 12.7. The van der Waals surface area contributed by atoms with Crippen molar-refractivity contribution in [2.24, 2.45) is 5.92 Å². The Morgan fingerprint density at radius 3 is 3.11 bits per heavy atom. The first-order valence-corrected chi connectivity index (χ1v) is 7.07. The standard InChI is InChI=1S/C17H18N2/c1-2-6-16-14(5-1)15-9-11-19-10-3-4-13(12-19)7-8-17(15)18-16/h1-8,13,18H,9-12H2/b8-7-. The third kappa shape index (κ3) is 1.92. The number of aromatic amines is 1. The lowest BCUT2D eigenvalue weighted by Gasteiger charge is -2.26. The summed E-state index contributed by atoms with van der Waals surface area (Å²) >= 11 is 0. The predicted molar refractivity (Wildman–Crippen MR) is 80.1 cm³/mol. The molecule has 1 aromatic carbocycles. The summed E-state index contributed by atoms with van der Waals surface area (Å²) < 4.78 is 0. The van der Waals surface area contributed by atoms with Gasteiger partial charge in [-0.2, -0.15) is 0 Å². The SMILES string of the molecule is C1=CC2/C=C\c3[nH]c4ccccc4c3CCN(C1)C2. The van der Waals surface area contributed by atoms with Gasteiger partial charge in [-0.3, -0.25) is 4.90 Å². The number of hydrogen-bond acceptors (Lipinski definition) is 1. The van der Waals surface area contributed by atoms with Gasteiger partial charge >= 0.3 is 0 Å². The first kappa shape index (κ1) is 11.1. The van der Waals surface area contributed by atoms with Crippen LogP contribution < -0.4 is 0 Å². The Balaban J connectivity index is 1.84. The molecular formula is C17H18N2. The van der Waals surface area contributed by atoms with Gasteiger partial charge in [0.2, 0.25) is 0 Å². The van der Waals surface area contributed by atoms with Crippen molar-refractivity contribution in [1.82, 2.24) is 9.88 Å². The predicted octanol–water partition coefficient (Wildman–Crippen LogP) is 3.23. The number of nitrogens with zero attached hydrogens (tertiary/aromatic N) is 1. The summed E-state index contributed by atoms with van der Waals surface area (Å²) in [4.78, 5) is 6.11. The van der Waals surface area contributed by atoms with Gasteiger partial charge in [0.1, 0.15) is 0 Å². The molecule has 1 aromatic heterocycles. The van der Waals surface area contributed by atoms with Gasteiger partial charge in [0.05, 0.1) is 0 Å². The number of rotatable bonds is 0. The summed E-state index contributed by atoms with van der Waals surface area (Å²) in [6.45, 7) is 3.41. The van der Waals surface area contributed by atoms with Crippen molar-refractivity contribution < 1.29 is 0 Å². The Hall–Kier alpha value is -1.80. The Morgan fingerprint density at radius 2 is 2.11 bits per heavy atom.